The molecule has 7 heavy (non-hydrogen) atoms. The molecule has 0 aliphatic heterocycles. The van der Waals surface area contributed by atoms with Crippen molar-refractivity contribution in [3.05, 3.63) is 0 Å². The van der Waals surface area contributed by atoms with E-state index in [1.54, 1.807) is 0 Å². The number of carboxylic acids is 1. The van der Waals surface area contributed by atoms with Gasteiger partial charge >= 0.3 is 35.5 Å². The molecule has 0 rings (SSSR count). The van der Waals surface area contributed by atoms with Gasteiger partial charge in [0.2, 0.25) is 0 Å². The van der Waals surface area contributed by atoms with E-state index in [0.717, 1.165) is 0 Å². The molecular formula is C2H5BrNNaO2. The molecule has 0 amide bonds. The Morgan fingerprint density at radius 1 is 1.71 bits per heavy atom. The van der Waals surface area contributed by atoms with Gasteiger partial charge in [0.25, 0.3) is 0 Å². The average molecular weight is 178 g/mol. The number of carboxylic acid groups (broad SMARTS) is 1. The molecule has 0 atom stereocenters. The van der Waals surface area contributed by atoms with Crippen LogP contribution in [-0.4, -0.2) is 17.6 Å². The van der Waals surface area contributed by atoms with Crippen molar-refractivity contribution >= 4 is 5.97 Å². The fraction of sp³-hybridized carbons (Fsp3) is 0.500. The minimum absolute atomic E-state index is 0. The van der Waals surface area contributed by atoms with Crippen LogP contribution in [0, 0.1) is 0 Å². The predicted molar refractivity (Wildman–Crippen MR) is 16.7 cm³/mol. The zero-order valence-corrected chi connectivity index (χ0v) is 7.60. The molecule has 0 fully saturated rings. The first-order chi connectivity index (χ1) is 2.27. The maximum absolute atomic E-state index is 9.24. The molecule has 0 bridgehead atoms. The molecule has 5 heteroatoms. The summed E-state index contributed by atoms with van der Waals surface area (Å²) in [4.78, 5) is 9.24. The van der Waals surface area contributed by atoms with E-state index in [4.69, 9.17) is 5.11 Å². The summed E-state index contributed by atoms with van der Waals surface area (Å²) in [5, 5.41) is 7.60. The van der Waals surface area contributed by atoms with Crippen LogP contribution in [0.2, 0.25) is 0 Å². The van der Waals surface area contributed by atoms with Gasteiger partial charge in [0.15, 0.2) is 0 Å². The molecule has 0 heterocycles. The van der Waals surface area contributed by atoms with Gasteiger partial charge in [-0.1, -0.05) is 0 Å². The van der Waals surface area contributed by atoms with Gasteiger partial charge in [-0.2, -0.15) is 0 Å². The molecule has 0 saturated heterocycles. The van der Waals surface area contributed by atoms with Gasteiger partial charge in [-0.3, -0.25) is 4.79 Å². The average Bonchev–Trinajstić information content (AvgIpc) is 1.38. The Kier molecular flexibility index (Phi) is 22.4. The molecule has 0 aromatic carbocycles. The van der Waals surface area contributed by atoms with Crippen LogP contribution in [0.5, 0.6) is 0 Å². The first-order valence-corrected chi connectivity index (χ1v) is 1.19. The number of carbonyl (C=O) groups is 1. The van der Waals surface area contributed by atoms with Crippen molar-refractivity contribution in [2.24, 2.45) is 5.73 Å². The summed E-state index contributed by atoms with van der Waals surface area (Å²) in [5.41, 5.74) is 4.57. The van der Waals surface area contributed by atoms with Gasteiger partial charge in [-0.25, -0.2) is 0 Å². The van der Waals surface area contributed by atoms with Crippen molar-refractivity contribution in [2.45, 2.75) is 0 Å². The molecule has 0 aromatic rings. The SMILES string of the molecule is NCC(=O)O.[Br-].[Na+]. The molecule has 3 nitrogen and oxygen atoms in total. The summed E-state index contributed by atoms with van der Waals surface area (Å²) in [6.07, 6.45) is 0. The van der Waals surface area contributed by atoms with Crippen LogP contribution in [0.4, 0.5) is 0 Å². The standard InChI is InChI=1S/C2H5NO2.BrH.Na/c3-1-2(4)5;;/h1,3H2,(H,4,5);1H;/q;;+1/p-1. The topological polar surface area (TPSA) is 63.3 Å². The third-order valence-electron chi connectivity index (χ3n) is 0.175. The molecule has 0 radical (unpaired) electrons. The van der Waals surface area contributed by atoms with E-state index in [0.29, 0.717) is 0 Å². The van der Waals surface area contributed by atoms with Crippen molar-refractivity contribution in [1.82, 2.24) is 0 Å². The third-order valence-corrected chi connectivity index (χ3v) is 0.175. The predicted octanol–water partition coefficient (Wildman–Crippen LogP) is -6.96. The Labute approximate surface area is 74.3 Å². The zero-order valence-electron chi connectivity index (χ0n) is 4.02. The van der Waals surface area contributed by atoms with E-state index >= 15 is 0 Å². The number of halogens is 1. The van der Waals surface area contributed by atoms with Gasteiger partial charge in [0.1, 0.15) is 0 Å². The maximum atomic E-state index is 9.24. The molecule has 0 spiro atoms. The molecule has 0 aliphatic carbocycles. The molecule has 3 N–H and O–H groups in total. The second-order valence-corrected chi connectivity index (χ2v) is 0.598. The number of aliphatic carboxylic acids is 1. The Morgan fingerprint density at radius 2 is 1.86 bits per heavy atom. The molecule has 0 aliphatic rings. The third kappa shape index (κ3) is 19.7. The monoisotopic (exact) mass is 177 g/mol. The fourth-order valence-electron chi connectivity index (χ4n) is 0. The number of nitrogens with two attached hydrogens (primary N) is 1. The summed E-state index contributed by atoms with van der Waals surface area (Å²) in [6.45, 7) is -0.278. The maximum Gasteiger partial charge on any atom is 1.00 e. The van der Waals surface area contributed by atoms with Gasteiger partial charge in [-0.05, 0) is 0 Å². The Morgan fingerprint density at radius 3 is 1.86 bits per heavy atom. The van der Waals surface area contributed by atoms with Crippen LogP contribution in [0.1, 0.15) is 0 Å². The largest absolute Gasteiger partial charge is 1.00 e. The second-order valence-electron chi connectivity index (χ2n) is 0.598. The van der Waals surface area contributed by atoms with E-state index < -0.39 is 5.97 Å². The van der Waals surface area contributed by atoms with Crippen LogP contribution in [0.25, 0.3) is 0 Å². The van der Waals surface area contributed by atoms with E-state index in [-0.39, 0.29) is 53.1 Å². The van der Waals surface area contributed by atoms with Crippen LogP contribution < -0.4 is 52.3 Å². The first-order valence-electron chi connectivity index (χ1n) is 1.19. The van der Waals surface area contributed by atoms with E-state index in [9.17, 15) is 4.79 Å². The van der Waals surface area contributed by atoms with Crippen LogP contribution in [0.3, 0.4) is 0 Å². The smallest absolute Gasteiger partial charge is 1.00 e. The Bertz CT molecular complexity index is 51.0. The molecule has 0 aromatic heterocycles. The van der Waals surface area contributed by atoms with Crippen molar-refractivity contribution in [3.63, 3.8) is 0 Å². The zero-order chi connectivity index (χ0) is 4.28. The van der Waals surface area contributed by atoms with Crippen LogP contribution in [0.15, 0.2) is 0 Å². The van der Waals surface area contributed by atoms with Crippen molar-refractivity contribution in [1.29, 1.82) is 0 Å². The minimum Gasteiger partial charge on any atom is -1.00 e. The van der Waals surface area contributed by atoms with E-state index in [2.05, 4.69) is 5.73 Å². The molecular weight excluding hydrogens is 173 g/mol. The number of rotatable bonds is 1. The molecule has 0 saturated carbocycles. The normalized spacial score (nSPS) is 5.29. The van der Waals surface area contributed by atoms with Crippen molar-refractivity contribution < 1.29 is 56.4 Å². The molecule has 38 valence electrons. The number of hydrogen-bond acceptors (Lipinski definition) is 2. The van der Waals surface area contributed by atoms with Gasteiger partial charge < -0.3 is 27.8 Å². The summed E-state index contributed by atoms with van der Waals surface area (Å²) < 4.78 is 0. The second kappa shape index (κ2) is 10.0. The van der Waals surface area contributed by atoms with Gasteiger partial charge in [0, 0.05) is 0 Å². The Hall–Kier alpha value is 0.910. The fourth-order valence-corrected chi connectivity index (χ4v) is 0. The van der Waals surface area contributed by atoms with Crippen molar-refractivity contribution in [3.8, 4) is 0 Å². The summed E-state index contributed by atoms with van der Waals surface area (Å²) >= 11 is 0. The van der Waals surface area contributed by atoms with Crippen molar-refractivity contribution in [2.75, 3.05) is 6.54 Å². The summed E-state index contributed by atoms with van der Waals surface area (Å²) in [5.74, 6) is -0.968. The quantitative estimate of drug-likeness (QED) is 0.392. The van der Waals surface area contributed by atoms with Crippen LogP contribution in [-0.2, 0) is 4.79 Å². The van der Waals surface area contributed by atoms with Gasteiger partial charge in [0.05, 0.1) is 6.54 Å². The van der Waals surface area contributed by atoms with E-state index in [1.807, 2.05) is 0 Å². The molecule has 0 unspecified atom stereocenters. The summed E-state index contributed by atoms with van der Waals surface area (Å²) in [7, 11) is 0. The van der Waals surface area contributed by atoms with Gasteiger partial charge in [-0.15, -0.1) is 0 Å². The van der Waals surface area contributed by atoms with E-state index in [1.165, 1.54) is 0 Å². The summed E-state index contributed by atoms with van der Waals surface area (Å²) in [6, 6.07) is 0. The minimum atomic E-state index is -0.968. The number of hydrogen-bond donors (Lipinski definition) is 2. The Balaban J connectivity index is -0.0000000800. The van der Waals surface area contributed by atoms with Crippen LogP contribution >= 0.6 is 0 Å². The first kappa shape index (κ1) is 15.7.